The molecule has 3 aromatic carbocycles. The number of nitrogens with zero attached hydrogens (tertiary/aromatic N) is 4. The number of amides is 1. The predicted octanol–water partition coefficient (Wildman–Crippen LogP) is 8.62. The molecule has 0 spiro atoms. The summed E-state index contributed by atoms with van der Waals surface area (Å²) in [5.41, 5.74) is 5.73. The van der Waals surface area contributed by atoms with Crippen molar-refractivity contribution < 1.29 is 27.6 Å². The number of anilines is 2. The molecule has 3 aliphatic rings. The maximum absolute atomic E-state index is 13.9. The average Bonchev–Trinajstić information content (AvgIpc) is 3.92. The summed E-state index contributed by atoms with van der Waals surface area (Å²) < 4.78 is 41.0. The molecule has 2 aromatic heterocycles. The zero-order valence-electron chi connectivity index (χ0n) is 35.0. The molecule has 14 nitrogen and oxygen atoms in total. The summed E-state index contributed by atoms with van der Waals surface area (Å²) in [6.45, 7) is 12.9. The van der Waals surface area contributed by atoms with E-state index in [2.05, 4.69) is 55.7 Å². The number of morpholine rings is 1. The van der Waals surface area contributed by atoms with Crippen molar-refractivity contribution in [2.75, 3.05) is 82.3 Å². The van der Waals surface area contributed by atoms with Gasteiger partial charge in [0, 0.05) is 92.3 Å². The molecule has 17 heteroatoms. The minimum absolute atomic E-state index is 0.000433. The molecule has 3 N–H and O–H groups in total. The maximum Gasteiger partial charge on any atom is 0.304 e. The first-order chi connectivity index (χ1) is 29.8. The number of thiophene rings is 1. The number of H-pyrrole nitrogens is 1. The molecule has 328 valence electrons. The molecule has 0 saturated carbocycles. The maximum atomic E-state index is 13.9. The van der Waals surface area contributed by atoms with E-state index in [1.54, 1.807) is 24.3 Å². The highest BCUT2D eigenvalue weighted by Crippen LogP contribution is 2.44. The summed E-state index contributed by atoms with van der Waals surface area (Å²) in [4.78, 5) is 35.4. The Kier molecular flexibility index (Phi) is 13.2. The largest absolute Gasteiger partial charge is 0.456 e. The van der Waals surface area contributed by atoms with Crippen LogP contribution in [0.4, 0.5) is 16.4 Å². The van der Waals surface area contributed by atoms with Crippen LogP contribution in [0.3, 0.4) is 0 Å². The van der Waals surface area contributed by atoms with Crippen LogP contribution in [0.15, 0.2) is 88.8 Å². The van der Waals surface area contributed by atoms with E-state index in [9.17, 15) is 23.3 Å². The van der Waals surface area contributed by atoms with Crippen molar-refractivity contribution in [3.63, 3.8) is 0 Å². The first-order valence-corrected chi connectivity index (χ1v) is 23.7. The van der Waals surface area contributed by atoms with Crippen molar-refractivity contribution in [3.05, 3.63) is 111 Å². The Morgan fingerprint density at radius 3 is 2.52 bits per heavy atom. The summed E-state index contributed by atoms with van der Waals surface area (Å²) in [7, 11) is -4.51. The fraction of sp³-hybridized carbons (Fsp3) is 0.400. The standard InChI is InChI=1S/C45H52ClN7O7S2/c1-45(2)14-12-33(38(29-45)31-4-6-34(46)7-5-31)30-51-18-20-52(21-19-51)35-8-10-37(41(27-35)60-36-9-11-39-32(26-36)13-16-47-39)43(54)49-62(57,58)42-28-40(53(55)56)44(61-42)48-15-3-17-50-22-24-59-25-23-50/h4-11,13,16,26-28,47-48H,3,12,14-15,17-25,29-30H2,1-2H3,(H,49,54). The highest BCUT2D eigenvalue weighted by molar-refractivity contribution is 7.92. The van der Waals surface area contributed by atoms with Crippen molar-refractivity contribution in [1.82, 2.24) is 19.5 Å². The molecule has 0 atom stereocenters. The number of fused-ring (bicyclic) bond motifs is 1. The molecule has 0 radical (unpaired) electrons. The van der Waals surface area contributed by atoms with Gasteiger partial charge in [-0.25, -0.2) is 13.1 Å². The van der Waals surface area contributed by atoms with Gasteiger partial charge in [-0.05, 0) is 97.3 Å². The third-order valence-corrected chi connectivity index (χ3v) is 15.1. The van der Waals surface area contributed by atoms with Gasteiger partial charge in [0.2, 0.25) is 0 Å². The zero-order chi connectivity index (χ0) is 43.4. The van der Waals surface area contributed by atoms with Gasteiger partial charge in [-0.2, -0.15) is 0 Å². The normalized spacial score (nSPS) is 17.6. The van der Waals surface area contributed by atoms with Crippen LogP contribution >= 0.6 is 22.9 Å². The number of aromatic nitrogens is 1. The molecule has 4 heterocycles. The average molecular weight is 903 g/mol. The fourth-order valence-corrected chi connectivity index (χ4v) is 10.9. The van der Waals surface area contributed by atoms with Crippen LogP contribution in [0.5, 0.6) is 11.5 Å². The van der Waals surface area contributed by atoms with Crippen LogP contribution in [0, 0.1) is 15.5 Å². The number of rotatable bonds is 15. The molecule has 0 unspecified atom stereocenters. The Morgan fingerprint density at radius 2 is 1.76 bits per heavy atom. The van der Waals surface area contributed by atoms with Crippen molar-refractivity contribution in [2.45, 2.75) is 43.7 Å². The van der Waals surface area contributed by atoms with Gasteiger partial charge in [0.1, 0.15) is 15.7 Å². The number of ether oxygens (including phenoxy) is 2. The van der Waals surface area contributed by atoms with Crippen molar-refractivity contribution in [1.29, 1.82) is 0 Å². The molecule has 5 aromatic rings. The number of sulfonamides is 1. The molecular formula is C45H52ClN7O7S2. The highest BCUT2D eigenvalue weighted by Gasteiger charge is 2.31. The second-order valence-corrected chi connectivity index (χ2v) is 20.3. The number of allylic oxidation sites excluding steroid dienone is 1. The quantitative estimate of drug-likeness (QED) is 0.0524. The molecule has 2 saturated heterocycles. The molecular weight excluding hydrogens is 850 g/mol. The zero-order valence-corrected chi connectivity index (χ0v) is 37.3. The number of hydrogen-bond acceptors (Lipinski definition) is 12. The molecule has 1 aliphatic carbocycles. The van der Waals surface area contributed by atoms with Gasteiger partial charge in [0.15, 0.2) is 5.00 Å². The molecule has 2 aliphatic heterocycles. The van der Waals surface area contributed by atoms with E-state index in [0.717, 1.165) is 99.3 Å². The van der Waals surface area contributed by atoms with Crippen LogP contribution < -0.4 is 19.7 Å². The van der Waals surface area contributed by atoms with E-state index in [-0.39, 0.29) is 31.6 Å². The van der Waals surface area contributed by atoms with Gasteiger partial charge in [-0.15, -0.1) is 0 Å². The van der Waals surface area contributed by atoms with Crippen molar-refractivity contribution in [2.24, 2.45) is 5.41 Å². The molecule has 1 amide bonds. The number of piperazine rings is 1. The van der Waals surface area contributed by atoms with E-state index < -0.39 is 20.9 Å². The lowest BCUT2D eigenvalue weighted by Crippen LogP contribution is -2.47. The molecule has 62 heavy (non-hydrogen) atoms. The van der Waals surface area contributed by atoms with Gasteiger partial charge in [0.05, 0.1) is 23.7 Å². The van der Waals surface area contributed by atoms with Crippen molar-refractivity contribution in [3.8, 4) is 11.5 Å². The minimum Gasteiger partial charge on any atom is -0.456 e. The number of aromatic amines is 1. The second-order valence-electron chi connectivity index (χ2n) is 16.9. The lowest BCUT2D eigenvalue weighted by molar-refractivity contribution is -0.383. The van der Waals surface area contributed by atoms with E-state index in [4.69, 9.17) is 21.1 Å². The lowest BCUT2D eigenvalue weighted by Gasteiger charge is -2.39. The second kappa shape index (κ2) is 18.8. The summed E-state index contributed by atoms with van der Waals surface area (Å²) in [5, 5.41) is 16.8. The number of nitro groups is 1. The Bertz CT molecular complexity index is 2560. The first kappa shape index (κ1) is 43.7. The monoisotopic (exact) mass is 901 g/mol. The third-order valence-electron chi connectivity index (χ3n) is 11.9. The number of halogens is 1. The Morgan fingerprint density at radius 1 is 0.984 bits per heavy atom. The smallest absolute Gasteiger partial charge is 0.304 e. The Balaban J connectivity index is 0.983. The third kappa shape index (κ3) is 10.4. The number of benzene rings is 3. The van der Waals surface area contributed by atoms with Crippen LogP contribution in [0.25, 0.3) is 16.5 Å². The number of carbonyl (C=O) groups is 1. The van der Waals surface area contributed by atoms with Gasteiger partial charge in [0.25, 0.3) is 15.9 Å². The van der Waals surface area contributed by atoms with E-state index >= 15 is 0 Å². The minimum atomic E-state index is -4.51. The fourth-order valence-electron chi connectivity index (χ4n) is 8.41. The molecule has 8 rings (SSSR count). The van der Waals surface area contributed by atoms with E-state index in [1.807, 2.05) is 36.5 Å². The first-order valence-electron chi connectivity index (χ1n) is 21.0. The van der Waals surface area contributed by atoms with Crippen LogP contribution in [-0.4, -0.2) is 106 Å². The van der Waals surface area contributed by atoms with E-state index in [0.29, 0.717) is 43.3 Å². The number of hydrogen-bond donors (Lipinski definition) is 3. The number of nitrogens with one attached hydrogen (secondary N) is 3. The lowest BCUT2D eigenvalue weighted by atomic mass is 9.72. The van der Waals surface area contributed by atoms with Gasteiger partial charge >= 0.3 is 5.69 Å². The summed E-state index contributed by atoms with van der Waals surface area (Å²) in [6.07, 6.45) is 5.73. The van der Waals surface area contributed by atoms with Crippen LogP contribution in [0.1, 0.15) is 55.5 Å². The molecule has 0 bridgehead atoms. The Labute approximate surface area is 371 Å². The topological polar surface area (TPSA) is 162 Å². The van der Waals surface area contributed by atoms with Crippen LogP contribution in [0.2, 0.25) is 5.02 Å². The van der Waals surface area contributed by atoms with E-state index in [1.165, 1.54) is 16.7 Å². The SMILES string of the molecule is CC1(C)CCC(CN2CCN(c3ccc(C(=O)NS(=O)(=O)c4cc([N+](=O)[O-])c(NCCCN5CCOCC5)s4)c(Oc4ccc5[nH]ccc5c4)c3)CC2)=C(c2ccc(Cl)cc2)C1. The van der Waals surface area contributed by atoms with Gasteiger partial charge in [-0.1, -0.05) is 54.5 Å². The summed E-state index contributed by atoms with van der Waals surface area (Å²) >= 11 is 6.96. The summed E-state index contributed by atoms with van der Waals surface area (Å²) in [5.74, 6) is -0.278. The highest BCUT2D eigenvalue weighted by atomic mass is 35.5. The predicted molar refractivity (Wildman–Crippen MR) is 245 cm³/mol. The number of carbonyl (C=O) groups excluding carboxylic acids is 1. The van der Waals surface area contributed by atoms with Gasteiger partial charge < -0.3 is 24.7 Å². The Hall–Kier alpha value is -4.97. The summed E-state index contributed by atoms with van der Waals surface area (Å²) in [6, 6.07) is 21.7. The van der Waals surface area contributed by atoms with Crippen LogP contribution in [-0.2, 0) is 14.8 Å². The van der Waals surface area contributed by atoms with Crippen molar-refractivity contribution >= 4 is 71.7 Å². The van der Waals surface area contributed by atoms with Gasteiger partial charge in [-0.3, -0.25) is 24.7 Å². The molecule has 2 fully saturated rings.